The molecule has 1 aliphatic rings. The summed E-state index contributed by atoms with van der Waals surface area (Å²) in [6.45, 7) is 4.77. The Morgan fingerprint density at radius 2 is 2.62 bits per heavy atom. The van der Waals surface area contributed by atoms with Gasteiger partial charge in [-0.3, -0.25) is 4.68 Å². The maximum Gasteiger partial charge on any atom is 0.0623 e. The van der Waals surface area contributed by atoms with Crippen molar-refractivity contribution in [2.24, 2.45) is 7.05 Å². The average Bonchev–Trinajstić information content (AvgIpc) is 2.65. The fourth-order valence-corrected chi connectivity index (χ4v) is 2.00. The zero-order chi connectivity index (χ0) is 11.4. The highest BCUT2D eigenvalue weighted by atomic mass is 16.5. The summed E-state index contributed by atoms with van der Waals surface area (Å²) in [4.78, 5) is 0. The summed E-state index contributed by atoms with van der Waals surface area (Å²) in [7, 11) is 1.93. The van der Waals surface area contributed by atoms with E-state index in [4.69, 9.17) is 4.74 Å². The van der Waals surface area contributed by atoms with Crippen molar-refractivity contribution in [3.8, 4) is 0 Å². The van der Waals surface area contributed by atoms with Crippen molar-refractivity contribution in [2.45, 2.75) is 19.4 Å². The third-order valence-electron chi connectivity index (χ3n) is 2.70. The summed E-state index contributed by atoms with van der Waals surface area (Å²) in [6, 6.07) is 0.460. The van der Waals surface area contributed by atoms with Crippen LogP contribution in [0.4, 0.5) is 0 Å². The fourth-order valence-electron chi connectivity index (χ4n) is 2.00. The quantitative estimate of drug-likeness (QED) is 0.833. The Morgan fingerprint density at radius 3 is 3.25 bits per heavy atom. The van der Waals surface area contributed by atoms with Gasteiger partial charge >= 0.3 is 0 Å². The molecule has 1 fully saturated rings. The largest absolute Gasteiger partial charge is 0.379 e. The molecule has 0 bridgehead atoms. The second kappa shape index (κ2) is 5.27. The Labute approximate surface area is 96.3 Å². The molecule has 2 rings (SSSR count). The molecule has 1 aromatic rings. The Hall–Kier alpha value is -1.13. The molecule has 0 saturated carbocycles. The van der Waals surface area contributed by atoms with Crippen LogP contribution in [0.1, 0.15) is 18.9 Å². The zero-order valence-corrected chi connectivity index (χ0v) is 9.94. The van der Waals surface area contributed by atoms with Gasteiger partial charge in [-0.25, -0.2) is 0 Å². The minimum atomic E-state index is 0.460. The molecule has 1 saturated heterocycles. The summed E-state index contributed by atoms with van der Waals surface area (Å²) in [5.74, 6) is 0. The number of aromatic nitrogens is 2. The Morgan fingerprint density at radius 1 is 1.75 bits per heavy atom. The number of hydrogen-bond donors (Lipinski definition) is 1. The highest BCUT2D eigenvalue weighted by Crippen LogP contribution is 2.12. The highest BCUT2D eigenvalue weighted by Gasteiger charge is 2.12. The lowest BCUT2D eigenvalue weighted by Gasteiger charge is -2.23. The monoisotopic (exact) mass is 221 g/mol. The lowest BCUT2D eigenvalue weighted by molar-refractivity contribution is 0.0771. The van der Waals surface area contributed by atoms with Crippen LogP contribution in [-0.2, 0) is 11.8 Å². The van der Waals surface area contributed by atoms with Gasteiger partial charge < -0.3 is 10.1 Å². The van der Waals surface area contributed by atoms with E-state index in [1.54, 1.807) is 0 Å². The normalized spacial score (nSPS) is 22.4. The molecule has 4 nitrogen and oxygen atoms in total. The van der Waals surface area contributed by atoms with Gasteiger partial charge in [-0.2, -0.15) is 5.10 Å². The van der Waals surface area contributed by atoms with E-state index in [0.717, 1.165) is 31.7 Å². The number of nitrogens with one attached hydrogen (secondary N) is 1. The van der Waals surface area contributed by atoms with Crippen molar-refractivity contribution in [1.29, 1.82) is 0 Å². The van der Waals surface area contributed by atoms with E-state index < -0.39 is 0 Å². The van der Waals surface area contributed by atoms with E-state index in [-0.39, 0.29) is 0 Å². The summed E-state index contributed by atoms with van der Waals surface area (Å²) in [5.41, 5.74) is 2.52. The second-order valence-electron chi connectivity index (χ2n) is 4.37. The van der Waals surface area contributed by atoms with E-state index in [9.17, 15) is 0 Å². The van der Waals surface area contributed by atoms with E-state index >= 15 is 0 Å². The van der Waals surface area contributed by atoms with Gasteiger partial charge in [0.05, 0.1) is 19.4 Å². The molecule has 88 valence electrons. The molecule has 1 atom stereocenters. The molecule has 0 amide bonds. The third kappa shape index (κ3) is 3.18. The number of rotatable bonds is 3. The molecular formula is C12H19N3O. The summed E-state index contributed by atoms with van der Waals surface area (Å²) in [5, 5.41) is 7.60. The number of hydrogen-bond acceptors (Lipinski definition) is 3. The topological polar surface area (TPSA) is 39.1 Å². The van der Waals surface area contributed by atoms with Gasteiger partial charge in [0.2, 0.25) is 0 Å². The molecule has 0 radical (unpaired) electrons. The van der Waals surface area contributed by atoms with Gasteiger partial charge in [0.1, 0.15) is 0 Å². The Kier molecular flexibility index (Phi) is 3.74. The van der Waals surface area contributed by atoms with E-state index in [2.05, 4.69) is 23.4 Å². The SMILES string of the molecule is CC(=Cc1cnn(C)c1)CC1COCCN1. The number of ether oxygens (including phenoxy) is 1. The van der Waals surface area contributed by atoms with Crippen LogP contribution in [0.3, 0.4) is 0 Å². The van der Waals surface area contributed by atoms with Gasteiger partial charge in [-0.15, -0.1) is 0 Å². The van der Waals surface area contributed by atoms with Crippen molar-refractivity contribution >= 4 is 6.08 Å². The van der Waals surface area contributed by atoms with Crippen LogP contribution in [-0.4, -0.2) is 35.6 Å². The first-order chi connectivity index (χ1) is 7.74. The lowest BCUT2D eigenvalue weighted by Crippen LogP contribution is -2.41. The highest BCUT2D eigenvalue weighted by molar-refractivity contribution is 5.50. The van der Waals surface area contributed by atoms with E-state index in [1.165, 1.54) is 5.57 Å². The van der Waals surface area contributed by atoms with Crippen LogP contribution in [0.25, 0.3) is 6.08 Å². The first kappa shape index (κ1) is 11.4. The predicted octanol–water partition coefficient (Wildman–Crippen LogP) is 1.20. The lowest BCUT2D eigenvalue weighted by atomic mass is 10.1. The number of aryl methyl sites for hydroxylation is 1. The van der Waals surface area contributed by atoms with Gasteiger partial charge in [0.25, 0.3) is 0 Å². The molecule has 1 unspecified atom stereocenters. The smallest absolute Gasteiger partial charge is 0.0623 e. The molecule has 4 heteroatoms. The maximum atomic E-state index is 5.43. The molecule has 1 N–H and O–H groups in total. The molecule has 16 heavy (non-hydrogen) atoms. The van der Waals surface area contributed by atoms with Crippen LogP contribution in [0.5, 0.6) is 0 Å². The number of nitrogens with zero attached hydrogens (tertiary/aromatic N) is 2. The van der Waals surface area contributed by atoms with Crippen molar-refractivity contribution in [2.75, 3.05) is 19.8 Å². The van der Waals surface area contributed by atoms with Crippen LogP contribution < -0.4 is 5.32 Å². The van der Waals surface area contributed by atoms with Crippen LogP contribution >= 0.6 is 0 Å². The van der Waals surface area contributed by atoms with Crippen molar-refractivity contribution in [3.63, 3.8) is 0 Å². The Balaban J connectivity index is 1.91. The molecular weight excluding hydrogens is 202 g/mol. The Bertz CT molecular complexity index is 364. The summed E-state index contributed by atoms with van der Waals surface area (Å²) >= 11 is 0. The standard InChI is InChI=1S/C12H19N3O/c1-10(5-11-7-14-15(2)8-11)6-12-9-16-4-3-13-12/h5,7-8,12-13H,3-4,6,9H2,1-2H3. The minimum absolute atomic E-state index is 0.460. The summed E-state index contributed by atoms with van der Waals surface area (Å²) < 4.78 is 7.25. The van der Waals surface area contributed by atoms with Gasteiger partial charge in [-0.1, -0.05) is 11.6 Å². The van der Waals surface area contributed by atoms with Crippen molar-refractivity contribution < 1.29 is 4.74 Å². The average molecular weight is 221 g/mol. The molecule has 1 aromatic heterocycles. The first-order valence-corrected chi connectivity index (χ1v) is 5.71. The number of morpholine rings is 1. The first-order valence-electron chi connectivity index (χ1n) is 5.71. The van der Waals surface area contributed by atoms with Crippen LogP contribution in [0, 0.1) is 0 Å². The second-order valence-corrected chi connectivity index (χ2v) is 4.37. The fraction of sp³-hybridized carbons (Fsp3) is 0.583. The van der Waals surface area contributed by atoms with Crippen LogP contribution in [0.2, 0.25) is 0 Å². The maximum absolute atomic E-state index is 5.43. The van der Waals surface area contributed by atoms with Gasteiger partial charge in [0.15, 0.2) is 0 Å². The van der Waals surface area contributed by atoms with E-state index in [0.29, 0.717) is 6.04 Å². The molecule has 2 heterocycles. The predicted molar refractivity (Wildman–Crippen MR) is 64.1 cm³/mol. The van der Waals surface area contributed by atoms with Gasteiger partial charge in [0, 0.05) is 31.4 Å². The molecule has 0 aliphatic carbocycles. The van der Waals surface area contributed by atoms with Gasteiger partial charge in [-0.05, 0) is 13.3 Å². The third-order valence-corrected chi connectivity index (χ3v) is 2.70. The van der Waals surface area contributed by atoms with Crippen molar-refractivity contribution in [3.05, 3.63) is 23.5 Å². The van der Waals surface area contributed by atoms with Crippen molar-refractivity contribution in [1.82, 2.24) is 15.1 Å². The summed E-state index contributed by atoms with van der Waals surface area (Å²) in [6.07, 6.45) is 7.13. The zero-order valence-electron chi connectivity index (χ0n) is 9.94. The van der Waals surface area contributed by atoms with Crippen LogP contribution in [0.15, 0.2) is 18.0 Å². The van der Waals surface area contributed by atoms with E-state index in [1.807, 2.05) is 24.1 Å². The molecule has 0 spiro atoms. The molecule has 1 aliphatic heterocycles. The molecule has 0 aromatic carbocycles. The minimum Gasteiger partial charge on any atom is -0.379 e.